The van der Waals surface area contributed by atoms with E-state index < -0.39 is 0 Å². The summed E-state index contributed by atoms with van der Waals surface area (Å²) in [4.78, 5) is 2.71. The zero-order valence-corrected chi connectivity index (χ0v) is 13.4. The molecule has 4 unspecified atom stereocenters. The lowest BCUT2D eigenvalue weighted by atomic mass is 9.85. The number of hydrogen-bond donors (Lipinski definition) is 1. The van der Waals surface area contributed by atoms with Crippen molar-refractivity contribution in [2.75, 3.05) is 26.2 Å². The first-order valence-corrected chi connectivity index (χ1v) is 7.84. The number of nitrogens with one attached hydrogen (secondary N) is 1. The van der Waals surface area contributed by atoms with Crippen LogP contribution in [0.1, 0.15) is 48.0 Å². The molecule has 1 fully saturated rings. The Morgan fingerprint density at radius 1 is 1.11 bits per heavy atom. The van der Waals surface area contributed by atoms with Crippen molar-refractivity contribution in [2.45, 2.75) is 54.0 Å². The molecule has 4 atom stereocenters. The molecule has 0 saturated carbocycles. The largest absolute Gasteiger partial charge is 0.316 e. The molecule has 1 heterocycles. The van der Waals surface area contributed by atoms with E-state index in [1.54, 1.807) is 0 Å². The number of nitrogens with zero attached hydrogens (tertiary/aromatic N) is 1. The molecular formula is C16H34N2. The first-order chi connectivity index (χ1) is 8.40. The highest BCUT2D eigenvalue weighted by Gasteiger charge is 2.29. The van der Waals surface area contributed by atoms with E-state index in [4.69, 9.17) is 0 Å². The smallest absolute Gasteiger partial charge is 0.00929 e. The third kappa shape index (κ3) is 5.27. The van der Waals surface area contributed by atoms with Crippen molar-refractivity contribution in [2.24, 2.45) is 23.7 Å². The van der Waals surface area contributed by atoms with E-state index in [9.17, 15) is 0 Å². The fourth-order valence-corrected chi connectivity index (χ4v) is 3.16. The molecule has 2 heteroatoms. The van der Waals surface area contributed by atoms with Gasteiger partial charge in [-0.25, -0.2) is 0 Å². The molecule has 0 spiro atoms. The van der Waals surface area contributed by atoms with Crippen LogP contribution in [0, 0.1) is 23.7 Å². The van der Waals surface area contributed by atoms with Crippen LogP contribution in [0.2, 0.25) is 0 Å². The minimum atomic E-state index is 0.753. The fourth-order valence-electron chi connectivity index (χ4n) is 3.16. The quantitative estimate of drug-likeness (QED) is 0.783. The highest BCUT2D eigenvalue weighted by Crippen LogP contribution is 2.27. The summed E-state index contributed by atoms with van der Waals surface area (Å²) < 4.78 is 0. The molecule has 1 rings (SSSR count). The van der Waals surface area contributed by atoms with Gasteiger partial charge in [0.1, 0.15) is 0 Å². The van der Waals surface area contributed by atoms with Crippen LogP contribution < -0.4 is 5.32 Å². The average molecular weight is 254 g/mol. The molecule has 0 bridgehead atoms. The van der Waals surface area contributed by atoms with Crippen molar-refractivity contribution in [3.05, 3.63) is 0 Å². The standard InChI is InChI=1S/C16H34N2/c1-12(2)8-17-9-14(4)11-18-10-13(3)7-15(5)16(18)6/h12-17H,7-11H2,1-6H3. The molecule has 0 aliphatic carbocycles. The second-order valence-electron chi connectivity index (χ2n) is 7.17. The van der Waals surface area contributed by atoms with Crippen LogP contribution in [0.15, 0.2) is 0 Å². The molecule has 0 radical (unpaired) electrons. The van der Waals surface area contributed by atoms with Crippen LogP contribution in [0.3, 0.4) is 0 Å². The van der Waals surface area contributed by atoms with Gasteiger partial charge in [-0.15, -0.1) is 0 Å². The monoisotopic (exact) mass is 254 g/mol. The Hall–Kier alpha value is -0.0800. The van der Waals surface area contributed by atoms with Crippen molar-refractivity contribution in [1.29, 1.82) is 0 Å². The van der Waals surface area contributed by atoms with Gasteiger partial charge in [-0.2, -0.15) is 0 Å². The van der Waals surface area contributed by atoms with Gasteiger partial charge in [-0.1, -0.05) is 34.6 Å². The maximum absolute atomic E-state index is 3.58. The van der Waals surface area contributed by atoms with Gasteiger partial charge in [0.05, 0.1) is 0 Å². The second-order valence-corrected chi connectivity index (χ2v) is 7.17. The first-order valence-electron chi connectivity index (χ1n) is 7.84. The van der Waals surface area contributed by atoms with E-state index in [-0.39, 0.29) is 0 Å². The predicted octanol–water partition coefficient (Wildman–Crippen LogP) is 3.23. The molecule has 1 N–H and O–H groups in total. The summed E-state index contributed by atoms with van der Waals surface area (Å²) in [5, 5.41) is 3.58. The summed E-state index contributed by atoms with van der Waals surface area (Å²) in [6, 6.07) is 0.758. The zero-order valence-electron chi connectivity index (χ0n) is 13.4. The molecular weight excluding hydrogens is 220 g/mol. The Labute approximate surface area is 115 Å². The summed E-state index contributed by atoms with van der Waals surface area (Å²) in [6.07, 6.45) is 1.40. The summed E-state index contributed by atoms with van der Waals surface area (Å²) in [5.41, 5.74) is 0. The first kappa shape index (κ1) is 16.0. The molecule has 1 saturated heterocycles. The number of piperidine rings is 1. The van der Waals surface area contributed by atoms with Crippen molar-refractivity contribution >= 4 is 0 Å². The van der Waals surface area contributed by atoms with Crippen LogP contribution in [-0.2, 0) is 0 Å². The molecule has 1 aliphatic heterocycles. The van der Waals surface area contributed by atoms with Crippen molar-refractivity contribution < 1.29 is 0 Å². The lowest BCUT2D eigenvalue weighted by molar-refractivity contribution is 0.0668. The Morgan fingerprint density at radius 3 is 2.39 bits per heavy atom. The number of rotatable bonds is 6. The lowest BCUT2D eigenvalue weighted by Gasteiger charge is -2.42. The normalized spacial score (nSPS) is 31.8. The minimum Gasteiger partial charge on any atom is -0.316 e. The Kier molecular flexibility index (Phi) is 6.65. The van der Waals surface area contributed by atoms with Gasteiger partial charge in [0.15, 0.2) is 0 Å². The Morgan fingerprint density at radius 2 is 1.78 bits per heavy atom. The topological polar surface area (TPSA) is 15.3 Å². The highest BCUT2D eigenvalue weighted by molar-refractivity contribution is 4.83. The molecule has 0 aromatic heterocycles. The minimum absolute atomic E-state index is 0.753. The molecule has 108 valence electrons. The molecule has 0 amide bonds. The molecule has 18 heavy (non-hydrogen) atoms. The van der Waals surface area contributed by atoms with Gasteiger partial charge in [0.25, 0.3) is 0 Å². The van der Waals surface area contributed by atoms with Crippen LogP contribution in [-0.4, -0.2) is 37.1 Å². The van der Waals surface area contributed by atoms with Crippen molar-refractivity contribution in [3.63, 3.8) is 0 Å². The van der Waals surface area contributed by atoms with Gasteiger partial charge in [0, 0.05) is 19.1 Å². The molecule has 1 aliphatic rings. The summed E-state index contributed by atoms with van der Waals surface area (Å²) in [7, 11) is 0. The van der Waals surface area contributed by atoms with E-state index in [2.05, 4.69) is 51.8 Å². The predicted molar refractivity (Wildman–Crippen MR) is 80.9 cm³/mol. The van der Waals surface area contributed by atoms with Gasteiger partial charge in [-0.3, -0.25) is 4.90 Å². The van der Waals surface area contributed by atoms with E-state index in [1.165, 1.54) is 19.5 Å². The van der Waals surface area contributed by atoms with Crippen molar-refractivity contribution in [1.82, 2.24) is 10.2 Å². The van der Waals surface area contributed by atoms with Gasteiger partial charge in [-0.05, 0) is 50.1 Å². The summed E-state index contributed by atoms with van der Waals surface area (Å²) in [5.74, 6) is 3.23. The fraction of sp³-hybridized carbons (Fsp3) is 1.00. The number of likely N-dealkylation sites (tertiary alicyclic amines) is 1. The lowest BCUT2D eigenvalue weighted by Crippen LogP contribution is -2.48. The number of hydrogen-bond acceptors (Lipinski definition) is 2. The van der Waals surface area contributed by atoms with E-state index >= 15 is 0 Å². The molecule has 2 nitrogen and oxygen atoms in total. The van der Waals surface area contributed by atoms with E-state index in [1.807, 2.05) is 0 Å². The van der Waals surface area contributed by atoms with Crippen LogP contribution in [0.4, 0.5) is 0 Å². The van der Waals surface area contributed by atoms with E-state index in [0.29, 0.717) is 0 Å². The van der Waals surface area contributed by atoms with Gasteiger partial charge >= 0.3 is 0 Å². The van der Waals surface area contributed by atoms with Gasteiger partial charge in [0.2, 0.25) is 0 Å². The van der Waals surface area contributed by atoms with Crippen LogP contribution in [0.25, 0.3) is 0 Å². The Bertz CT molecular complexity index is 227. The maximum atomic E-state index is 3.58. The maximum Gasteiger partial charge on any atom is 0.00929 e. The van der Waals surface area contributed by atoms with Crippen LogP contribution in [0.5, 0.6) is 0 Å². The summed E-state index contributed by atoms with van der Waals surface area (Å²) >= 11 is 0. The van der Waals surface area contributed by atoms with Crippen LogP contribution >= 0.6 is 0 Å². The third-order valence-electron chi connectivity index (χ3n) is 4.31. The summed E-state index contributed by atoms with van der Waals surface area (Å²) in [6.45, 7) is 19.0. The van der Waals surface area contributed by atoms with Gasteiger partial charge < -0.3 is 5.32 Å². The Balaban J connectivity index is 2.31. The SMILES string of the molecule is CC(C)CNCC(C)CN1CC(C)CC(C)C1C. The third-order valence-corrected chi connectivity index (χ3v) is 4.31. The second kappa shape index (κ2) is 7.49. The van der Waals surface area contributed by atoms with E-state index in [0.717, 1.165) is 42.8 Å². The highest BCUT2D eigenvalue weighted by atomic mass is 15.2. The van der Waals surface area contributed by atoms with Crippen molar-refractivity contribution in [3.8, 4) is 0 Å². The molecule has 0 aromatic carbocycles. The average Bonchev–Trinajstić information content (AvgIpc) is 2.24. The molecule has 0 aromatic rings. The zero-order chi connectivity index (χ0) is 13.7.